The van der Waals surface area contributed by atoms with Gasteiger partial charge in [0.25, 0.3) is 0 Å². The number of para-hydroxylation sites is 1. The molecule has 0 aliphatic carbocycles. The molecule has 106 valence electrons. The van der Waals surface area contributed by atoms with E-state index < -0.39 is 0 Å². The largest absolute Gasteiger partial charge is 0.398 e. The third kappa shape index (κ3) is 3.49. The zero-order chi connectivity index (χ0) is 14.7. The average Bonchev–Trinajstić information content (AvgIpc) is 2.98. The van der Waals surface area contributed by atoms with Crippen molar-refractivity contribution in [3.8, 4) is 5.69 Å². The van der Waals surface area contributed by atoms with Crippen LogP contribution in [0, 0.1) is 0 Å². The zero-order valence-corrected chi connectivity index (χ0v) is 13.6. The summed E-state index contributed by atoms with van der Waals surface area (Å²) in [5.41, 5.74) is 8.88. The molecule has 21 heavy (non-hydrogen) atoms. The number of aromatic nitrogens is 2. The van der Waals surface area contributed by atoms with E-state index in [1.165, 1.54) is 0 Å². The van der Waals surface area contributed by atoms with Crippen LogP contribution in [0.5, 0.6) is 0 Å². The van der Waals surface area contributed by atoms with Gasteiger partial charge in [0.15, 0.2) is 0 Å². The Morgan fingerprint density at radius 1 is 1.10 bits per heavy atom. The summed E-state index contributed by atoms with van der Waals surface area (Å²) in [6.07, 6.45) is 1.98. The first kappa shape index (κ1) is 14.2. The lowest BCUT2D eigenvalue weighted by molar-refractivity contribution is 0.859. The van der Waals surface area contributed by atoms with E-state index in [-0.39, 0.29) is 0 Å². The molecule has 0 spiro atoms. The number of nitrogens with two attached hydrogens (primary N) is 1. The minimum Gasteiger partial charge on any atom is -0.398 e. The van der Waals surface area contributed by atoms with Crippen LogP contribution in [-0.4, -0.2) is 9.78 Å². The molecule has 3 nitrogen and oxygen atoms in total. The molecule has 2 N–H and O–H groups in total. The molecule has 0 saturated carbocycles. The summed E-state index contributed by atoms with van der Waals surface area (Å²) in [5, 5.41) is 4.59. The van der Waals surface area contributed by atoms with E-state index in [4.69, 9.17) is 5.73 Å². The summed E-state index contributed by atoms with van der Waals surface area (Å²) in [6, 6.07) is 18.0. The zero-order valence-electron chi connectivity index (χ0n) is 11.2. The number of anilines is 1. The molecule has 0 aliphatic rings. The number of nitrogen functional groups attached to an aromatic ring is 1. The minimum absolute atomic E-state index is 0.792. The molecular weight excluding hydrogens is 346 g/mol. The van der Waals surface area contributed by atoms with Gasteiger partial charge in [-0.15, -0.1) is 11.8 Å². The van der Waals surface area contributed by atoms with Gasteiger partial charge >= 0.3 is 0 Å². The molecule has 5 heteroatoms. The molecule has 3 rings (SSSR count). The Balaban J connectivity index is 1.72. The van der Waals surface area contributed by atoms with E-state index in [1.54, 1.807) is 11.8 Å². The summed E-state index contributed by atoms with van der Waals surface area (Å²) in [5.74, 6) is 0.792. The van der Waals surface area contributed by atoms with Crippen LogP contribution in [0.2, 0.25) is 0 Å². The second-order valence-corrected chi connectivity index (χ2v) is 6.49. The predicted octanol–water partition coefficient (Wildman–Crippen LogP) is 4.51. The van der Waals surface area contributed by atoms with Gasteiger partial charge in [-0.25, -0.2) is 4.68 Å². The van der Waals surface area contributed by atoms with Gasteiger partial charge in [0.2, 0.25) is 0 Å². The van der Waals surface area contributed by atoms with E-state index in [1.807, 2.05) is 65.5 Å². The maximum Gasteiger partial charge on any atom is 0.0731 e. The summed E-state index contributed by atoms with van der Waals surface area (Å²) in [6.45, 7) is 0. The van der Waals surface area contributed by atoms with Crippen LogP contribution in [0.1, 0.15) is 5.69 Å². The number of thioether (sulfide) groups is 1. The maximum absolute atomic E-state index is 5.98. The molecule has 0 saturated heterocycles. The standard InChI is InChI=1S/C16H14BrN3S/c17-12-6-7-15(18)16(10-12)21-11-13-8-9-20(19-13)14-4-2-1-3-5-14/h1-10H,11,18H2. The molecule has 0 aliphatic heterocycles. The lowest BCUT2D eigenvalue weighted by atomic mass is 10.3. The third-order valence-electron chi connectivity index (χ3n) is 3.02. The van der Waals surface area contributed by atoms with Crippen molar-refractivity contribution in [3.63, 3.8) is 0 Å². The molecule has 0 radical (unpaired) electrons. The summed E-state index contributed by atoms with van der Waals surface area (Å²) in [4.78, 5) is 1.07. The number of hydrogen-bond donors (Lipinski definition) is 1. The molecule has 0 amide bonds. The van der Waals surface area contributed by atoms with Crippen molar-refractivity contribution in [2.45, 2.75) is 10.6 Å². The maximum atomic E-state index is 5.98. The van der Waals surface area contributed by atoms with Crippen molar-refractivity contribution in [1.82, 2.24) is 9.78 Å². The van der Waals surface area contributed by atoms with Gasteiger partial charge in [-0.1, -0.05) is 34.1 Å². The summed E-state index contributed by atoms with van der Waals surface area (Å²) < 4.78 is 2.93. The Kier molecular flexibility index (Phi) is 4.31. The number of rotatable bonds is 4. The predicted molar refractivity (Wildman–Crippen MR) is 91.7 cm³/mol. The fraction of sp³-hybridized carbons (Fsp3) is 0.0625. The summed E-state index contributed by atoms with van der Waals surface area (Å²) in [7, 11) is 0. The van der Waals surface area contributed by atoms with Crippen molar-refractivity contribution in [2.24, 2.45) is 0 Å². The van der Waals surface area contributed by atoms with Crippen LogP contribution in [0.25, 0.3) is 5.69 Å². The van der Waals surface area contributed by atoms with Crippen LogP contribution < -0.4 is 5.73 Å². The molecule has 0 fully saturated rings. The first-order valence-corrected chi connectivity index (χ1v) is 8.28. The molecule has 0 atom stereocenters. The highest BCUT2D eigenvalue weighted by molar-refractivity contribution is 9.10. The quantitative estimate of drug-likeness (QED) is 0.550. The SMILES string of the molecule is Nc1ccc(Br)cc1SCc1ccn(-c2ccccc2)n1. The van der Waals surface area contributed by atoms with Gasteiger partial charge in [0.05, 0.1) is 11.4 Å². The molecule has 0 unspecified atom stereocenters. The Bertz CT molecular complexity index is 740. The molecule has 1 heterocycles. The van der Waals surface area contributed by atoms with Crippen LogP contribution >= 0.6 is 27.7 Å². The van der Waals surface area contributed by atoms with Crippen LogP contribution in [-0.2, 0) is 5.75 Å². The highest BCUT2D eigenvalue weighted by Crippen LogP contribution is 2.30. The van der Waals surface area contributed by atoms with Crippen LogP contribution in [0.4, 0.5) is 5.69 Å². The van der Waals surface area contributed by atoms with Crippen molar-refractivity contribution < 1.29 is 0 Å². The third-order valence-corrected chi connectivity index (χ3v) is 4.61. The summed E-state index contributed by atoms with van der Waals surface area (Å²) >= 11 is 5.16. The van der Waals surface area contributed by atoms with Crippen molar-refractivity contribution in [3.05, 3.63) is 71.0 Å². The number of halogens is 1. The number of hydrogen-bond acceptors (Lipinski definition) is 3. The Morgan fingerprint density at radius 3 is 2.71 bits per heavy atom. The molecule has 1 aromatic heterocycles. The van der Waals surface area contributed by atoms with Gasteiger partial charge in [0, 0.05) is 27.0 Å². The van der Waals surface area contributed by atoms with Gasteiger partial charge < -0.3 is 5.73 Å². The molecule has 2 aromatic carbocycles. The lowest BCUT2D eigenvalue weighted by Crippen LogP contribution is -1.95. The van der Waals surface area contributed by atoms with Crippen molar-refractivity contribution in [1.29, 1.82) is 0 Å². The first-order valence-electron chi connectivity index (χ1n) is 6.50. The van der Waals surface area contributed by atoms with E-state index in [0.29, 0.717) is 0 Å². The van der Waals surface area contributed by atoms with Crippen molar-refractivity contribution in [2.75, 3.05) is 5.73 Å². The molecular formula is C16H14BrN3S. The van der Waals surface area contributed by atoms with Gasteiger partial charge in [-0.3, -0.25) is 0 Å². The number of nitrogens with zero attached hydrogens (tertiary/aromatic N) is 2. The van der Waals surface area contributed by atoms with Gasteiger partial charge in [-0.05, 0) is 36.4 Å². The van der Waals surface area contributed by atoms with Crippen molar-refractivity contribution >= 4 is 33.4 Å². The lowest BCUT2D eigenvalue weighted by Gasteiger charge is -2.04. The van der Waals surface area contributed by atoms with Gasteiger partial charge in [-0.2, -0.15) is 5.10 Å². The van der Waals surface area contributed by atoms with Crippen LogP contribution in [0.15, 0.2) is 70.2 Å². The Labute approximate surface area is 136 Å². The van der Waals surface area contributed by atoms with E-state index in [2.05, 4.69) is 21.0 Å². The fourth-order valence-electron chi connectivity index (χ4n) is 1.95. The second kappa shape index (κ2) is 6.37. The van der Waals surface area contributed by atoms with Gasteiger partial charge in [0.1, 0.15) is 0 Å². The van der Waals surface area contributed by atoms with Crippen LogP contribution in [0.3, 0.4) is 0 Å². The monoisotopic (exact) mass is 359 g/mol. The highest BCUT2D eigenvalue weighted by Gasteiger charge is 2.05. The van der Waals surface area contributed by atoms with E-state index in [9.17, 15) is 0 Å². The number of benzene rings is 2. The fourth-order valence-corrected chi connectivity index (χ4v) is 3.36. The molecule has 0 bridgehead atoms. The second-order valence-electron chi connectivity index (χ2n) is 4.56. The Morgan fingerprint density at radius 2 is 1.90 bits per heavy atom. The first-order chi connectivity index (χ1) is 10.2. The minimum atomic E-state index is 0.792. The van der Waals surface area contributed by atoms with E-state index >= 15 is 0 Å². The van der Waals surface area contributed by atoms with E-state index in [0.717, 1.165) is 32.2 Å². The highest BCUT2D eigenvalue weighted by atomic mass is 79.9. The normalized spacial score (nSPS) is 10.7. The topological polar surface area (TPSA) is 43.8 Å². The Hall–Kier alpha value is -1.72. The smallest absolute Gasteiger partial charge is 0.0731 e. The average molecular weight is 360 g/mol. The molecule has 3 aromatic rings.